The van der Waals surface area contributed by atoms with Crippen molar-refractivity contribution in [3.05, 3.63) is 23.1 Å². The average Bonchev–Trinajstić information content (AvgIpc) is 2.87. The van der Waals surface area contributed by atoms with Gasteiger partial charge in [0.1, 0.15) is 11.3 Å². The fourth-order valence-corrected chi connectivity index (χ4v) is 4.03. The molecule has 3 nitrogen and oxygen atoms in total. The molecule has 0 spiro atoms. The topological polar surface area (TPSA) is 30.7 Å². The molecule has 1 fully saturated rings. The zero-order valence-corrected chi connectivity index (χ0v) is 13.9. The molecule has 1 aliphatic rings. The molecule has 0 radical (unpaired) electrons. The van der Waals surface area contributed by atoms with Gasteiger partial charge in [-0.15, -0.1) is 11.6 Å². The Labute approximate surface area is 135 Å². The predicted octanol–water partition coefficient (Wildman–Crippen LogP) is 5.35. The minimum absolute atomic E-state index is 0.414. The smallest absolute Gasteiger partial charge is 0.160 e. The Bertz CT molecular complexity index is 617. The van der Waals surface area contributed by atoms with Crippen molar-refractivity contribution in [3.8, 4) is 0 Å². The van der Waals surface area contributed by atoms with Crippen LogP contribution in [0.5, 0.6) is 0 Å². The maximum atomic E-state index is 6.14. The molecule has 114 valence electrons. The van der Waals surface area contributed by atoms with E-state index in [1.54, 1.807) is 6.20 Å². The first-order valence-electron chi connectivity index (χ1n) is 7.83. The second kappa shape index (κ2) is 6.53. The maximum Gasteiger partial charge on any atom is 0.160 e. The quantitative estimate of drug-likeness (QED) is 0.709. The molecule has 3 rings (SSSR count). The van der Waals surface area contributed by atoms with E-state index < -0.39 is 0 Å². The zero-order chi connectivity index (χ0) is 14.8. The van der Waals surface area contributed by atoms with Crippen LogP contribution in [0, 0.1) is 5.92 Å². The van der Waals surface area contributed by atoms with E-state index in [0.29, 0.717) is 22.9 Å². The van der Waals surface area contributed by atoms with Gasteiger partial charge in [-0.3, -0.25) is 0 Å². The van der Waals surface area contributed by atoms with Crippen molar-refractivity contribution < 1.29 is 0 Å². The SMILES string of the molecule is CCC(C1CCCCC1)n1c(CCl)nc2cc(Cl)cnc21. The molecule has 2 aromatic rings. The van der Waals surface area contributed by atoms with Gasteiger partial charge in [0.2, 0.25) is 0 Å². The van der Waals surface area contributed by atoms with Crippen LogP contribution < -0.4 is 0 Å². The highest BCUT2D eigenvalue weighted by atomic mass is 35.5. The molecule has 0 aliphatic heterocycles. The van der Waals surface area contributed by atoms with Crippen LogP contribution in [0.25, 0.3) is 11.2 Å². The Morgan fingerprint density at radius 1 is 1.33 bits per heavy atom. The zero-order valence-electron chi connectivity index (χ0n) is 12.4. The standard InChI is InChI=1S/C16H21Cl2N3/c1-2-14(11-6-4-3-5-7-11)21-15(9-17)20-13-8-12(18)10-19-16(13)21/h8,10-11,14H,2-7,9H2,1H3. The van der Waals surface area contributed by atoms with Crippen molar-refractivity contribution in [2.75, 3.05) is 0 Å². The second-order valence-electron chi connectivity index (χ2n) is 5.90. The van der Waals surface area contributed by atoms with E-state index in [1.165, 1.54) is 32.1 Å². The number of nitrogens with zero attached hydrogens (tertiary/aromatic N) is 3. The fraction of sp³-hybridized carbons (Fsp3) is 0.625. The molecule has 2 aromatic heterocycles. The Balaban J connectivity index is 2.07. The second-order valence-corrected chi connectivity index (χ2v) is 6.61. The van der Waals surface area contributed by atoms with Crippen LogP contribution in [0.3, 0.4) is 0 Å². The summed E-state index contributed by atoms with van der Waals surface area (Å²) in [5.41, 5.74) is 1.78. The van der Waals surface area contributed by atoms with Gasteiger partial charge in [-0.25, -0.2) is 9.97 Å². The first kappa shape index (κ1) is 15.1. The van der Waals surface area contributed by atoms with E-state index in [2.05, 4.69) is 21.5 Å². The largest absolute Gasteiger partial charge is 0.308 e. The van der Waals surface area contributed by atoms with Crippen LogP contribution in [0.2, 0.25) is 5.02 Å². The van der Waals surface area contributed by atoms with Gasteiger partial charge in [0.05, 0.1) is 10.9 Å². The number of alkyl halides is 1. The van der Waals surface area contributed by atoms with Crippen LogP contribution in [-0.2, 0) is 5.88 Å². The molecule has 0 N–H and O–H groups in total. The van der Waals surface area contributed by atoms with Crippen molar-refractivity contribution in [1.29, 1.82) is 0 Å². The summed E-state index contributed by atoms with van der Waals surface area (Å²) in [7, 11) is 0. The van der Waals surface area contributed by atoms with E-state index in [4.69, 9.17) is 23.2 Å². The molecule has 1 saturated carbocycles. The molecule has 0 amide bonds. The van der Waals surface area contributed by atoms with E-state index >= 15 is 0 Å². The normalized spacial score (nSPS) is 18.2. The van der Waals surface area contributed by atoms with Gasteiger partial charge in [0, 0.05) is 12.2 Å². The first-order chi connectivity index (χ1) is 10.2. The number of imidazole rings is 1. The molecule has 5 heteroatoms. The number of hydrogen-bond acceptors (Lipinski definition) is 2. The van der Waals surface area contributed by atoms with E-state index in [-0.39, 0.29) is 0 Å². The van der Waals surface area contributed by atoms with Crippen LogP contribution >= 0.6 is 23.2 Å². The summed E-state index contributed by atoms with van der Waals surface area (Å²) in [6, 6.07) is 2.32. The molecule has 2 heterocycles. The van der Waals surface area contributed by atoms with E-state index in [0.717, 1.165) is 23.4 Å². The van der Waals surface area contributed by atoms with Gasteiger partial charge in [-0.1, -0.05) is 37.8 Å². The predicted molar refractivity (Wildman–Crippen MR) is 88.0 cm³/mol. The number of halogens is 2. The van der Waals surface area contributed by atoms with Crippen molar-refractivity contribution >= 4 is 34.4 Å². The lowest BCUT2D eigenvalue weighted by Crippen LogP contribution is -2.23. The Morgan fingerprint density at radius 3 is 2.76 bits per heavy atom. The van der Waals surface area contributed by atoms with Gasteiger partial charge in [0.25, 0.3) is 0 Å². The molecule has 1 atom stereocenters. The lowest BCUT2D eigenvalue weighted by atomic mass is 9.82. The third kappa shape index (κ3) is 2.91. The summed E-state index contributed by atoms with van der Waals surface area (Å²) in [4.78, 5) is 9.16. The number of fused-ring (bicyclic) bond motifs is 1. The third-order valence-electron chi connectivity index (χ3n) is 4.63. The van der Waals surface area contributed by atoms with Crippen molar-refractivity contribution in [1.82, 2.24) is 14.5 Å². The maximum absolute atomic E-state index is 6.14. The number of aromatic nitrogens is 3. The van der Waals surface area contributed by atoms with Crippen LogP contribution in [0.1, 0.15) is 57.3 Å². The summed E-state index contributed by atoms with van der Waals surface area (Å²) in [5, 5.41) is 0.624. The molecule has 1 unspecified atom stereocenters. The van der Waals surface area contributed by atoms with Crippen LogP contribution in [0.15, 0.2) is 12.3 Å². The van der Waals surface area contributed by atoms with Crippen LogP contribution in [0.4, 0.5) is 0 Å². The first-order valence-corrected chi connectivity index (χ1v) is 8.74. The fourth-order valence-electron chi connectivity index (χ4n) is 3.69. The molecule has 21 heavy (non-hydrogen) atoms. The van der Waals surface area contributed by atoms with E-state index in [9.17, 15) is 0 Å². The van der Waals surface area contributed by atoms with Gasteiger partial charge < -0.3 is 4.57 Å². The average molecular weight is 326 g/mol. The summed E-state index contributed by atoms with van der Waals surface area (Å²) in [5.74, 6) is 2.04. The molecular weight excluding hydrogens is 305 g/mol. The molecular formula is C16H21Cl2N3. The summed E-state index contributed by atoms with van der Waals surface area (Å²) in [6.45, 7) is 2.25. The van der Waals surface area contributed by atoms with Gasteiger partial charge >= 0.3 is 0 Å². The summed E-state index contributed by atoms with van der Waals surface area (Å²) < 4.78 is 2.27. The van der Waals surface area contributed by atoms with Crippen LogP contribution in [-0.4, -0.2) is 14.5 Å². The highest BCUT2D eigenvalue weighted by Gasteiger charge is 2.27. The summed E-state index contributed by atoms with van der Waals surface area (Å²) in [6.07, 6.45) is 9.43. The number of hydrogen-bond donors (Lipinski definition) is 0. The van der Waals surface area contributed by atoms with Gasteiger partial charge in [-0.2, -0.15) is 0 Å². The monoisotopic (exact) mass is 325 g/mol. The number of pyridine rings is 1. The Kier molecular flexibility index (Phi) is 4.70. The third-order valence-corrected chi connectivity index (χ3v) is 5.08. The molecule has 1 aliphatic carbocycles. The lowest BCUT2D eigenvalue weighted by Gasteiger charge is -2.31. The Hall–Kier alpha value is -0.800. The van der Waals surface area contributed by atoms with Gasteiger partial charge in [-0.05, 0) is 31.2 Å². The van der Waals surface area contributed by atoms with Crippen molar-refractivity contribution in [2.24, 2.45) is 5.92 Å². The molecule has 0 saturated heterocycles. The highest BCUT2D eigenvalue weighted by Crippen LogP contribution is 2.37. The lowest BCUT2D eigenvalue weighted by molar-refractivity contribution is 0.243. The Morgan fingerprint density at radius 2 is 2.10 bits per heavy atom. The highest BCUT2D eigenvalue weighted by molar-refractivity contribution is 6.31. The minimum atomic E-state index is 0.414. The van der Waals surface area contributed by atoms with E-state index in [1.807, 2.05) is 6.07 Å². The van der Waals surface area contributed by atoms with Gasteiger partial charge in [0.15, 0.2) is 5.65 Å². The molecule has 0 aromatic carbocycles. The van der Waals surface area contributed by atoms with Crippen molar-refractivity contribution in [2.45, 2.75) is 57.4 Å². The summed E-state index contributed by atoms with van der Waals surface area (Å²) >= 11 is 12.2. The minimum Gasteiger partial charge on any atom is -0.308 e. The number of rotatable bonds is 4. The van der Waals surface area contributed by atoms with Crippen molar-refractivity contribution in [3.63, 3.8) is 0 Å². The molecule has 0 bridgehead atoms.